The number of nitrogens with zero attached hydrogens (tertiary/aromatic N) is 1. The van der Waals surface area contributed by atoms with Gasteiger partial charge in [-0.25, -0.2) is 0 Å². The Morgan fingerprint density at radius 2 is 2.05 bits per heavy atom. The van der Waals surface area contributed by atoms with E-state index in [1.165, 1.54) is 11.1 Å². The fraction of sp³-hybridized carbons (Fsp3) is 0.611. The molecule has 0 aromatic heterocycles. The molecule has 1 aromatic carbocycles. The van der Waals surface area contributed by atoms with Crippen LogP contribution in [0.25, 0.3) is 0 Å². The normalized spacial score (nSPS) is 15.0. The van der Waals surface area contributed by atoms with E-state index < -0.39 is 0 Å². The highest BCUT2D eigenvalue weighted by molar-refractivity contribution is 5.77. The van der Waals surface area contributed by atoms with Crippen LogP contribution in [0.1, 0.15) is 51.2 Å². The van der Waals surface area contributed by atoms with Gasteiger partial charge in [-0.2, -0.15) is 0 Å². The summed E-state index contributed by atoms with van der Waals surface area (Å²) in [5.74, 6) is 0.274. The molecule has 1 saturated carbocycles. The van der Waals surface area contributed by atoms with Crippen molar-refractivity contribution in [2.24, 2.45) is 0 Å². The second kappa shape index (κ2) is 6.61. The number of aryl methyl sites for hydroxylation is 1. The zero-order valence-corrected chi connectivity index (χ0v) is 13.8. The maximum Gasteiger partial charge on any atom is 0.224 e. The summed E-state index contributed by atoms with van der Waals surface area (Å²) in [6.07, 6.45) is 2.90. The molecule has 0 aliphatic heterocycles. The van der Waals surface area contributed by atoms with Crippen LogP contribution in [0.2, 0.25) is 0 Å². The van der Waals surface area contributed by atoms with Gasteiger partial charge in [0.15, 0.2) is 0 Å². The van der Waals surface area contributed by atoms with Crippen molar-refractivity contribution < 1.29 is 4.79 Å². The number of benzene rings is 1. The monoisotopic (exact) mass is 288 g/mol. The second-order valence-electron chi connectivity index (χ2n) is 7.17. The van der Waals surface area contributed by atoms with Crippen LogP contribution < -0.4 is 5.32 Å². The molecule has 1 aliphatic carbocycles. The SMILES string of the molecule is Cc1cccc(CN(C(=O)CCNC(C)(C)C)C2CC2)c1. The second-order valence-corrected chi connectivity index (χ2v) is 7.17. The van der Waals surface area contributed by atoms with Crippen molar-refractivity contribution in [2.75, 3.05) is 6.54 Å². The summed E-state index contributed by atoms with van der Waals surface area (Å²) < 4.78 is 0. The van der Waals surface area contributed by atoms with Crippen molar-refractivity contribution in [1.82, 2.24) is 10.2 Å². The molecule has 0 atom stereocenters. The third kappa shape index (κ3) is 5.50. The predicted octanol–water partition coefficient (Wildman–Crippen LogP) is 3.26. The molecule has 1 amide bonds. The lowest BCUT2D eigenvalue weighted by molar-refractivity contribution is -0.132. The van der Waals surface area contributed by atoms with E-state index in [0.29, 0.717) is 12.5 Å². The van der Waals surface area contributed by atoms with E-state index in [1.807, 2.05) is 0 Å². The molecule has 0 saturated heterocycles. The summed E-state index contributed by atoms with van der Waals surface area (Å²) >= 11 is 0. The number of nitrogens with one attached hydrogen (secondary N) is 1. The van der Waals surface area contributed by atoms with E-state index in [9.17, 15) is 4.79 Å². The molecule has 0 radical (unpaired) electrons. The van der Waals surface area contributed by atoms with Crippen molar-refractivity contribution >= 4 is 5.91 Å². The maximum atomic E-state index is 12.5. The van der Waals surface area contributed by atoms with Crippen LogP contribution in [0.5, 0.6) is 0 Å². The third-order valence-electron chi connectivity index (χ3n) is 3.74. The van der Waals surface area contributed by atoms with Gasteiger partial charge in [-0.05, 0) is 46.1 Å². The van der Waals surface area contributed by atoms with E-state index in [-0.39, 0.29) is 11.4 Å². The van der Waals surface area contributed by atoms with Crippen molar-refractivity contribution in [3.8, 4) is 0 Å². The third-order valence-corrected chi connectivity index (χ3v) is 3.74. The topological polar surface area (TPSA) is 32.3 Å². The van der Waals surface area contributed by atoms with Gasteiger partial charge < -0.3 is 10.2 Å². The number of carbonyl (C=O) groups excluding carboxylic acids is 1. The molecule has 0 bridgehead atoms. The minimum Gasteiger partial charge on any atom is -0.335 e. The highest BCUT2D eigenvalue weighted by Crippen LogP contribution is 2.29. The summed E-state index contributed by atoms with van der Waals surface area (Å²) in [5, 5.41) is 3.39. The summed E-state index contributed by atoms with van der Waals surface area (Å²) in [4.78, 5) is 14.6. The zero-order chi connectivity index (χ0) is 15.5. The predicted molar refractivity (Wildman–Crippen MR) is 87.1 cm³/mol. The molecule has 0 heterocycles. The van der Waals surface area contributed by atoms with Gasteiger partial charge in [0.05, 0.1) is 0 Å². The number of carbonyl (C=O) groups is 1. The molecule has 116 valence electrons. The Bertz CT molecular complexity index is 486. The van der Waals surface area contributed by atoms with Gasteiger partial charge in [0.1, 0.15) is 0 Å². The number of hydrogen-bond acceptors (Lipinski definition) is 2. The summed E-state index contributed by atoms with van der Waals surface area (Å²) in [6.45, 7) is 9.98. The van der Waals surface area contributed by atoms with E-state index in [1.54, 1.807) is 0 Å². The molecule has 3 nitrogen and oxygen atoms in total. The molecular weight excluding hydrogens is 260 g/mol. The first-order valence-corrected chi connectivity index (χ1v) is 7.95. The molecule has 1 fully saturated rings. The standard InChI is InChI=1S/C18H28N2O/c1-14-6-5-7-15(12-14)13-20(16-8-9-16)17(21)10-11-19-18(2,3)4/h5-7,12,16,19H,8-11,13H2,1-4H3. The van der Waals surface area contributed by atoms with Gasteiger partial charge >= 0.3 is 0 Å². The van der Waals surface area contributed by atoms with Crippen LogP contribution in [0.3, 0.4) is 0 Å². The van der Waals surface area contributed by atoms with Gasteiger partial charge in [0, 0.05) is 31.1 Å². The molecule has 1 aliphatic rings. The van der Waals surface area contributed by atoms with Gasteiger partial charge in [0.2, 0.25) is 5.91 Å². The Hall–Kier alpha value is -1.35. The highest BCUT2D eigenvalue weighted by Gasteiger charge is 2.32. The number of rotatable bonds is 6. The minimum absolute atomic E-state index is 0.0707. The Morgan fingerprint density at radius 1 is 1.33 bits per heavy atom. The average molecular weight is 288 g/mol. The largest absolute Gasteiger partial charge is 0.335 e. The first-order valence-electron chi connectivity index (χ1n) is 7.95. The van der Waals surface area contributed by atoms with Crippen molar-refractivity contribution in [1.29, 1.82) is 0 Å². The lowest BCUT2D eigenvalue weighted by Gasteiger charge is -2.25. The van der Waals surface area contributed by atoms with Crippen LogP contribution in [0, 0.1) is 6.92 Å². The van der Waals surface area contributed by atoms with Crippen molar-refractivity contribution in [2.45, 2.75) is 65.1 Å². The van der Waals surface area contributed by atoms with Crippen molar-refractivity contribution in [3.05, 3.63) is 35.4 Å². The Balaban J connectivity index is 1.91. The molecule has 3 heteroatoms. The van der Waals surface area contributed by atoms with Crippen LogP contribution >= 0.6 is 0 Å². The van der Waals surface area contributed by atoms with E-state index in [2.05, 4.69) is 62.2 Å². The summed E-state index contributed by atoms with van der Waals surface area (Å²) in [6, 6.07) is 8.92. The van der Waals surface area contributed by atoms with Gasteiger partial charge in [-0.3, -0.25) is 4.79 Å². The minimum atomic E-state index is 0.0707. The van der Waals surface area contributed by atoms with Gasteiger partial charge in [-0.1, -0.05) is 29.8 Å². The first-order chi connectivity index (χ1) is 9.85. The van der Waals surface area contributed by atoms with Gasteiger partial charge in [0.25, 0.3) is 0 Å². The lowest BCUT2D eigenvalue weighted by Crippen LogP contribution is -2.40. The van der Waals surface area contributed by atoms with E-state index in [0.717, 1.165) is 25.9 Å². The summed E-state index contributed by atoms with van der Waals surface area (Å²) in [7, 11) is 0. The molecule has 1 aromatic rings. The van der Waals surface area contributed by atoms with Gasteiger partial charge in [-0.15, -0.1) is 0 Å². The average Bonchev–Trinajstić information content (AvgIpc) is 3.18. The van der Waals surface area contributed by atoms with Crippen molar-refractivity contribution in [3.63, 3.8) is 0 Å². The fourth-order valence-corrected chi connectivity index (χ4v) is 2.50. The maximum absolute atomic E-state index is 12.5. The first kappa shape index (κ1) is 16.0. The summed E-state index contributed by atoms with van der Waals surface area (Å²) in [5.41, 5.74) is 2.56. The molecule has 21 heavy (non-hydrogen) atoms. The smallest absolute Gasteiger partial charge is 0.224 e. The highest BCUT2D eigenvalue weighted by atomic mass is 16.2. The quantitative estimate of drug-likeness (QED) is 0.871. The Morgan fingerprint density at radius 3 is 2.62 bits per heavy atom. The molecule has 1 N–H and O–H groups in total. The number of hydrogen-bond donors (Lipinski definition) is 1. The van der Waals surface area contributed by atoms with Crippen LogP contribution in [-0.4, -0.2) is 28.9 Å². The lowest BCUT2D eigenvalue weighted by atomic mass is 10.1. The number of amides is 1. The fourth-order valence-electron chi connectivity index (χ4n) is 2.50. The Kier molecular flexibility index (Phi) is 5.04. The molecule has 2 rings (SSSR count). The van der Waals surface area contributed by atoms with E-state index in [4.69, 9.17) is 0 Å². The van der Waals surface area contributed by atoms with Crippen LogP contribution in [0.4, 0.5) is 0 Å². The van der Waals surface area contributed by atoms with E-state index >= 15 is 0 Å². The Labute approximate surface area is 128 Å². The molecular formula is C18H28N2O. The molecule has 0 unspecified atom stereocenters. The van der Waals surface area contributed by atoms with Crippen LogP contribution in [0.15, 0.2) is 24.3 Å². The van der Waals surface area contributed by atoms with Crippen LogP contribution in [-0.2, 0) is 11.3 Å². The molecule has 0 spiro atoms. The zero-order valence-electron chi connectivity index (χ0n) is 13.8.